The largest absolute Gasteiger partial charge is 0.384 e. The van der Waals surface area contributed by atoms with Crippen LogP contribution in [0.1, 0.15) is 0 Å². The number of nitrogens with zero attached hydrogens (tertiary/aromatic N) is 3. The summed E-state index contributed by atoms with van der Waals surface area (Å²) in [7, 11) is 0. The molecule has 3 rings (SSSR count). The Morgan fingerprint density at radius 3 is 2.80 bits per heavy atom. The Balaban J connectivity index is 2.07. The summed E-state index contributed by atoms with van der Waals surface area (Å²) in [6, 6.07) is 12.1. The van der Waals surface area contributed by atoms with Crippen molar-refractivity contribution in [3.63, 3.8) is 0 Å². The highest BCUT2D eigenvalue weighted by Crippen LogP contribution is 2.25. The third-order valence-corrected chi connectivity index (χ3v) is 3.78. The van der Waals surface area contributed by atoms with Crippen LogP contribution in [-0.2, 0) is 0 Å². The first-order chi connectivity index (χ1) is 9.78. The molecule has 0 amide bonds. The molecule has 4 nitrogen and oxygen atoms in total. The van der Waals surface area contributed by atoms with Gasteiger partial charge in [0.15, 0.2) is 0 Å². The number of nitrogens with two attached hydrogens (primary N) is 1. The molecule has 0 radical (unpaired) electrons. The second-order valence-electron chi connectivity index (χ2n) is 4.32. The van der Waals surface area contributed by atoms with Gasteiger partial charge in [0.1, 0.15) is 5.82 Å². The van der Waals surface area contributed by atoms with E-state index in [1.54, 1.807) is 24.0 Å². The van der Waals surface area contributed by atoms with E-state index in [0.29, 0.717) is 5.82 Å². The van der Waals surface area contributed by atoms with E-state index in [2.05, 4.69) is 34.4 Å². The third kappa shape index (κ3) is 2.40. The normalized spacial score (nSPS) is 10.7. The molecule has 0 atom stereocenters. The van der Waals surface area contributed by atoms with Crippen LogP contribution in [0.5, 0.6) is 0 Å². The maximum atomic E-state index is 5.63. The van der Waals surface area contributed by atoms with Gasteiger partial charge in [-0.2, -0.15) is 0 Å². The molecule has 2 aromatic heterocycles. The van der Waals surface area contributed by atoms with Crippen molar-refractivity contribution in [2.45, 2.75) is 4.90 Å². The third-order valence-electron chi connectivity index (χ3n) is 3.05. The Morgan fingerprint density at radius 2 is 2.05 bits per heavy atom. The van der Waals surface area contributed by atoms with Crippen LogP contribution in [0.2, 0.25) is 0 Å². The Kier molecular flexibility index (Phi) is 3.43. The highest BCUT2D eigenvalue weighted by atomic mass is 32.2. The van der Waals surface area contributed by atoms with Gasteiger partial charge < -0.3 is 5.73 Å². The minimum Gasteiger partial charge on any atom is -0.384 e. The van der Waals surface area contributed by atoms with Gasteiger partial charge in [-0.05, 0) is 36.6 Å². The molecule has 2 N–H and O–H groups in total. The van der Waals surface area contributed by atoms with E-state index >= 15 is 0 Å². The molecule has 100 valence electrons. The number of nitrogen functional groups attached to an aromatic ring is 1. The first-order valence-corrected chi connectivity index (χ1v) is 7.39. The van der Waals surface area contributed by atoms with Gasteiger partial charge in [0.25, 0.3) is 0 Å². The molecule has 2 heterocycles. The lowest BCUT2D eigenvalue weighted by molar-refractivity contribution is 1.05. The number of benzene rings is 1. The number of imidazole rings is 1. The predicted molar refractivity (Wildman–Crippen MR) is 83.0 cm³/mol. The molecule has 1 aromatic carbocycles. The zero-order valence-corrected chi connectivity index (χ0v) is 11.8. The quantitative estimate of drug-likeness (QED) is 0.749. The zero-order valence-electron chi connectivity index (χ0n) is 11.0. The van der Waals surface area contributed by atoms with Gasteiger partial charge in [0, 0.05) is 22.3 Å². The van der Waals surface area contributed by atoms with Crippen molar-refractivity contribution in [1.29, 1.82) is 0 Å². The SMILES string of the molecule is CSc1cccc(-n2cncc2-c2ccc(N)nc2)c1. The van der Waals surface area contributed by atoms with Crippen molar-refractivity contribution >= 4 is 17.6 Å². The smallest absolute Gasteiger partial charge is 0.123 e. The fourth-order valence-electron chi connectivity index (χ4n) is 2.03. The average Bonchev–Trinajstić information content (AvgIpc) is 2.97. The molecule has 0 saturated carbocycles. The number of thioether (sulfide) groups is 1. The van der Waals surface area contributed by atoms with E-state index in [9.17, 15) is 0 Å². The van der Waals surface area contributed by atoms with Crippen molar-refractivity contribution in [2.24, 2.45) is 0 Å². The monoisotopic (exact) mass is 282 g/mol. The lowest BCUT2D eigenvalue weighted by atomic mass is 10.2. The molecule has 0 aliphatic rings. The van der Waals surface area contributed by atoms with Gasteiger partial charge >= 0.3 is 0 Å². The van der Waals surface area contributed by atoms with Crippen LogP contribution in [0.25, 0.3) is 16.9 Å². The van der Waals surface area contributed by atoms with Crippen molar-refractivity contribution < 1.29 is 0 Å². The highest BCUT2D eigenvalue weighted by molar-refractivity contribution is 7.98. The van der Waals surface area contributed by atoms with Crippen LogP contribution in [0, 0.1) is 0 Å². The van der Waals surface area contributed by atoms with Gasteiger partial charge in [-0.3, -0.25) is 4.57 Å². The Morgan fingerprint density at radius 1 is 1.15 bits per heavy atom. The van der Waals surface area contributed by atoms with Crippen LogP contribution in [-0.4, -0.2) is 20.8 Å². The van der Waals surface area contributed by atoms with Gasteiger partial charge in [-0.25, -0.2) is 9.97 Å². The molecule has 0 aliphatic carbocycles. The van der Waals surface area contributed by atoms with E-state index in [4.69, 9.17) is 5.73 Å². The second kappa shape index (κ2) is 5.38. The summed E-state index contributed by atoms with van der Waals surface area (Å²) in [5.41, 5.74) is 8.70. The minimum atomic E-state index is 0.518. The molecule has 0 bridgehead atoms. The van der Waals surface area contributed by atoms with E-state index in [1.807, 2.05) is 29.2 Å². The Hall–Kier alpha value is -2.27. The number of anilines is 1. The number of rotatable bonds is 3. The first-order valence-electron chi connectivity index (χ1n) is 6.16. The van der Waals surface area contributed by atoms with Gasteiger partial charge in [-0.15, -0.1) is 11.8 Å². The summed E-state index contributed by atoms with van der Waals surface area (Å²) >= 11 is 1.72. The molecule has 0 fully saturated rings. The fraction of sp³-hybridized carbons (Fsp3) is 0.0667. The molecular weight excluding hydrogens is 268 g/mol. The Bertz CT molecular complexity index is 719. The summed E-state index contributed by atoms with van der Waals surface area (Å²) < 4.78 is 2.05. The summed E-state index contributed by atoms with van der Waals surface area (Å²) in [6.07, 6.45) is 7.48. The van der Waals surface area contributed by atoms with Crippen molar-refractivity contribution in [3.05, 3.63) is 55.1 Å². The molecule has 3 aromatic rings. The van der Waals surface area contributed by atoms with E-state index < -0.39 is 0 Å². The van der Waals surface area contributed by atoms with Crippen LogP contribution in [0.15, 0.2) is 60.0 Å². The van der Waals surface area contributed by atoms with Crippen molar-refractivity contribution in [2.75, 3.05) is 12.0 Å². The van der Waals surface area contributed by atoms with Crippen molar-refractivity contribution in [3.8, 4) is 16.9 Å². The predicted octanol–water partition coefficient (Wildman–Crippen LogP) is 3.24. The van der Waals surface area contributed by atoms with Gasteiger partial charge in [-0.1, -0.05) is 6.07 Å². The lowest BCUT2D eigenvalue weighted by Gasteiger charge is -2.09. The molecule has 20 heavy (non-hydrogen) atoms. The van der Waals surface area contributed by atoms with E-state index in [-0.39, 0.29) is 0 Å². The number of hydrogen-bond donors (Lipinski definition) is 1. The highest BCUT2D eigenvalue weighted by Gasteiger charge is 2.07. The van der Waals surface area contributed by atoms with Crippen LogP contribution < -0.4 is 5.73 Å². The zero-order chi connectivity index (χ0) is 13.9. The lowest BCUT2D eigenvalue weighted by Crippen LogP contribution is -1.96. The topological polar surface area (TPSA) is 56.7 Å². The van der Waals surface area contributed by atoms with Crippen LogP contribution >= 0.6 is 11.8 Å². The maximum Gasteiger partial charge on any atom is 0.123 e. The van der Waals surface area contributed by atoms with Gasteiger partial charge in [0.2, 0.25) is 0 Å². The molecule has 0 spiro atoms. The summed E-state index contributed by atoms with van der Waals surface area (Å²) in [5, 5.41) is 0. The average molecular weight is 282 g/mol. The van der Waals surface area contributed by atoms with E-state index in [1.165, 1.54) is 4.90 Å². The second-order valence-corrected chi connectivity index (χ2v) is 5.20. The Labute approximate surface area is 121 Å². The minimum absolute atomic E-state index is 0.518. The maximum absolute atomic E-state index is 5.63. The first kappa shape index (κ1) is 12.7. The number of hydrogen-bond acceptors (Lipinski definition) is 4. The van der Waals surface area contributed by atoms with Gasteiger partial charge in [0.05, 0.1) is 18.2 Å². The molecule has 0 unspecified atom stereocenters. The van der Waals surface area contributed by atoms with E-state index in [0.717, 1.165) is 16.9 Å². The van der Waals surface area contributed by atoms with Crippen LogP contribution in [0.4, 0.5) is 5.82 Å². The van der Waals surface area contributed by atoms with Crippen LogP contribution in [0.3, 0.4) is 0 Å². The summed E-state index contributed by atoms with van der Waals surface area (Å²) in [4.78, 5) is 9.61. The van der Waals surface area contributed by atoms with Crippen molar-refractivity contribution in [1.82, 2.24) is 14.5 Å². The fourth-order valence-corrected chi connectivity index (χ4v) is 2.48. The summed E-state index contributed by atoms with van der Waals surface area (Å²) in [5.74, 6) is 0.518. The molecular formula is C15H14N4S. The molecule has 5 heteroatoms. The molecule has 0 saturated heterocycles. The molecule has 0 aliphatic heterocycles. The number of aromatic nitrogens is 3. The summed E-state index contributed by atoms with van der Waals surface area (Å²) in [6.45, 7) is 0. The number of pyridine rings is 1. The standard InChI is InChI=1S/C15H14N4S/c1-20-13-4-2-3-12(7-13)19-10-17-9-14(19)11-5-6-15(16)18-8-11/h2-10H,1H3,(H2,16,18).